The molecule has 0 aromatic heterocycles. The third kappa shape index (κ3) is 5.46. The van der Waals surface area contributed by atoms with Gasteiger partial charge >= 0.3 is 0 Å². The lowest BCUT2D eigenvalue weighted by atomic mass is 10.0. The summed E-state index contributed by atoms with van der Waals surface area (Å²) in [5.74, 6) is 0.0943. The molecule has 0 spiro atoms. The number of para-hydroxylation sites is 1. The molecule has 1 N–H and O–H groups in total. The standard InChI is InChI=1S/C24H32N4O2/c1-4-19-10-8-9-13-21(19)25-22(29)18-27-14-16-28(17-15-27)23(24(30)26(2)3)20-11-6-5-7-12-20/h5-13,23H,4,14-18H2,1-3H3,(H,25,29)/t23-/m1/s1. The average Bonchev–Trinajstić information content (AvgIpc) is 2.76. The van der Waals surface area contributed by atoms with E-state index < -0.39 is 0 Å². The highest BCUT2D eigenvalue weighted by Crippen LogP contribution is 2.24. The molecule has 0 aliphatic carbocycles. The molecular weight excluding hydrogens is 376 g/mol. The predicted molar refractivity (Wildman–Crippen MR) is 120 cm³/mol. The maximum atomic E-state index is 12.9. The van der Waals surface area contributed by atoms with Gasteiger partial charge in [-0.3, -0.25) is 19.4 Å². The first kappa shape index (κ1) is 22.0. The number of anilines is 1. The Morgan fingerprint density at radius 1 is 0.967 bits per heavy atom. The van der Waals surface area contributed by atoms with Crippen LogP contribution in [-0.2, 0) is 16.0 Å². The first-order valence-corrected chi connectivity index (χ1v) is 10.6. The van der Waals surface area contributed by atoms with Crippen molar-refractivity contribution >= 4 is 17.5 Å². The summed E-state index contributed by atoms with van der Waals surface area (Å²) in [7, 11) is 3.60. The molecule has 6 nitrogen and oxygen atoms in total. The zero-order valence-corrected chi connectivity index (χ0v) is 18.2. The molecule has 1 aliphatic heterocycles. The third-order valence-electron chi connectivity index (χ3n) is 5.60. The Morgan fingerprint density at radius 2 is 1.60 bits per heavy atom. The van der Waals surface area contributed by atoms with Gasteiger partial charge in [-0.15, -0.1) is 0 Å². The fourth-order valence-electron chi connectivity index (χ4n) is 3.91. The SMILES string of the molecule is CCc1ccccc1NC(=O)CN1CCN([C@@H](C(=O)N(C)C)c2ccccc2)CC1. The zero-order chi connectivity index (χ0) is 21.5. The van der Waals surface area contributed by atoms with E-state index in [1.807, 2.05) is 54.6 Å². The number of likely N-dealkylation sites (N-methyl/N-ethyl adjacent to an activating group) is 1. The highest BCUT2D eigenvalue weighted by molar-refractivity contribution is 5.93. The molecule has 2 aromatic carbocycles. The molecule has 1 fully saturated rings. The molecule has 0 bridgehead atoms. The Kier molecular flexibility index (Phi) is 7.60. The van der Waals surface area contributed by atoms with Crippen LogP contribution >= 0.6 is 0 Å². The van der Waals surface area contributed by atoms with Crippen molar-refractivity contribution in [2.75, 3.05) is 52.1 Å². The molecule has 160 valence electrons. The third-order valence-corrected chi connectivity index (χ3v) is 5.60. The molecule has 6 heteroatoms. The van der Waals surface area contributed by atoms with E-state index in [4.69, 9.17) is 0 Å². The van der Waals surface area contributed by atoms with Crippen LogP contribution in [0.4, 0.5) is 5.69 Å². The second-order valence-corrected chi connectivity index (χ2v) is 7.92. The molecule has 2 aromatic rings. The summed E-state index contributed by atoms with van der Waals surface area (Å²) in [5.41, 5.74) is 3.05. The van der Waals surface area contributed by atoms with Gasteiger partial charge in [0.05, 0.1) is 6.54 Å². The van der Waals surface area contributed by atoms with Crippen LogP contribution in [0.15, 0.2) is 54.6 Å². The van der Waals surface area contributed by atoms with Crippen LogP contribution in [0.25, 0.3) is 0 Å². The van der Waals surface area contributed by atoms with Gasteiger partial charge in [0.25, 0.3) is 0 Å². The molecule has 1 atom stereocenters. The number of piperazine rings is 1. The fraction of sp³-hybridized carbons (Fsp3) is 0.417. The number of nitrogens with one attached hydrogen (secondary N) is 1. The van der Waals surface area contributed by atoms with Crippen LogP contribution in [0.1, 0.15) is 24.1 Å². The average molecular weight is 409 g/mol. The first-order valence-electron chi connectivity index (χ1n) is 10.6. The first-order chi connectivity index (χ1) is 14.5. The van der Waals surface area contributed by atoms with Gasteiger partial charge in [0.1, 0.15) is 6.04 Å². The quantitative estimate of drug-likeness (QED) is 0.765. The van der Waals surface area contributed by atoms with Gasteiger partial charge in [0.2, 0.25) is 11.8 Å². The second-order valence-electron chi connectivity index (χ2n) is 7.92. The minimum atomic E-state index is -0.284. The Bertz CT molecular complexity index is 845. The van der Waals surface area contributed by atoms with E-state index in [1.54, 1.807) is 19.0 Å². The number of amides is 2. The van der Waals surface area contributed by atoms with Crippen molar-refractivity contribution in [1.82, 2.24) is 14.7 Å². The fourth-order valence-corrected chi connectivity index (χ4v) is 3.91. The van der Waals surface area contributed by atoms with E-state index in [0.717, 1.165) is 49.4 Å². The maximum absolute atomic E-state index is 12.9. The van der Waals surface area contributed by atoms with E-state index in [1.165, 1.54) is 0 Å². The Labute approximate surface area is 179 Å². The summed E-state index contributed by atoms with van der Waals surface area (Å²) in [6.07, 6.45) is 0.885. The lowest BCUT2D eigenvalue weighted by Gasteiger charge is -2.39. The normalized spacial score (nSPS) is 16.1. The van der Waals surface area contributed by atoms with E-state index in [-0.39, 0.29) is 17.9 Å². The lowest BCUT2D eigenvalue weighted by molar-refractivity contribution is -0.135. The zero-order valence-electron chi connectivity index (χ0n) is 18.2. The van der Waals surface area contributed by atoms with Gasteiger partial charge in [0, 0.05) is 46.0 Å². The maximum Gasteiger partial charge on any atom is 0.244 e. The van der Waals surface area contributed by atoms with Crippen LogP contribution in [0.5, 0.6) is 0 Å². The van der Waals surface area contributed by atoms with Crippen LogP contribution < -0.4 is 5.32 Å². The molecule has 1 saturated heterocycles. The van der Waals surface area contributed by atoms with Crippen molar-refractivity contribution in [3.8, 4) is 0 Å². The molecule has 0 radical (unpaired) electrons. The number of carbonyl (C=O) groups is 2. The summed E-state index contributed by atoms with van der Waals surface area (Å²) in [4.78, 5) is 31.5. The Morgan fingerprint density at radius 3 is 2.23 bits per heavy atom. The summed E-state index contributed by atoms with van der Waals surface area (Å²) < 4.78 is 0. The number of hydrogen-bond donors (Lipinski definition) is 1. The molecule has 1 aliphatic rings. The highest BCUT2D eigenvalue weighted by Gasteiger charge is 2.31. The molecule has 0 saturated carbocycles. The second kappa shape index (κ2) is 10.4. The van der Waals surface area contributed by atoms with Crippen molar-refractivity contribution in [2.45, 2.75) is 19.4 Å². The van der Waals surface area contributed by atoms with Crippen LogP contribution in [0, 0.1) is 0 Å². The predicted octanol–water partition coefficient (Wildman–Crippen LogP) is 2.63. The van der Waals surface area contributed by atoms with Gasteiger partial charge < -0.3 is 10.2 Å². The summed E-state index contributed by atoms with van der Waals surface area (Å²) in [5, 5.41) is 3.05. The van der Waals surface area contributed by atoms with Crippen LogP contribution in [0.3, 0.4) is 0 Å². The molecular formula is C24H32N4O2. The summed E-state index contributed by atoms with van der Waals surface area (Å²) >= 11 is 0. The van der Waals surface area contributed by atoms with E-state index in [0.29, 0.717) is 6.54 Å². The molecule has 1 heterocycles. The minimum Gasteiger partial charge on any atom is -0.347 e. The van der Waals surface area contributed by atoms with Crippen molar-refractivity contribution in [2.24, 2.45) is 0 Å². The van der Waals surface area contributed by atoms with Gasteiger partial charge in [-0.25, -0.2) is 0 Å². The van der Waals surface area contributed by atoms with E-state index >= 15 is 0 Å². The molecule has 30 heavy (non-hydrogen) atoms. The monoisotopic (exact) mass is 408 g/mol. The number of aryl methyl sites for hydroxylation is 1. The Hall–Kier alpha value is -2.70. The van der Waals surface area contributed by atoms with Gasteiger partial charge in [-0.1, -0.05) is 55.5 Å². The van der Waals surface area contributed by atoms with Gasteiger partial charge in [0.15, 0.2) is 0 Å². The topological polar surface area (TPSA) is 55.9 Å². The summed E-state index contributed by atoms with van der Waals surface area (Å²) in [6, 6.07) is 17.6. The van der Waals surface area contributed by atoms with Crippen LogP contribution in [-0.4, -0.2) is 73.3 Å². The van der Waals surface area contributed by atoms with Gasteiger partial charge in [-0.05, 0) is 23.6 Å². The van der Waals surface area contributed by atoms with Gasteiger partial charge in [-0.2, -0.15) is 0 Å². The van der Waals surface area contributed by atoms with Crippen molar-refractivity contribution in [3.63, 3.8) is 0 Å². The molecule has 0 unspecified atom stereocenters. The summed E-state index contributed by atoms with van der Waals surface area (Å²) in [6.45, 7) is 5.46. The van der Waals surface area contributed by atoms with Crippen LogP contribution in [0.2, 0.25) is 0 Å². The molecule has 3 rings (SSSR count). The van der Waals surface area contributed by atoms with Crippen molar-refractivity contribution in [3.05, 3.63) is 65.7 Å². The highest BCUT2D eigenvalue weighted by atomic mass is 16.2. The van der Waals surface area contributed by atoms with E-state index in [2.05, 4.69) is 22.0 Å². The number of nitrogens with zero attached hydrogens (tertiary/aromatic N) is 3. The number of carbonyl (C=O) groups excluding carboxylic acids is 2. The Balaban J connectivity index is 1.59. The largest absolute Gasteiger partial charge is 0.347 e. The van der Waals surface area contributed by atoms with Crippen molar-refractivity contribution < 1.29 is 9.59 Å². The van der Waals surface area contributed by atoms with E-state index in [9.17, 15) is 9.59 Å². The smallest absolute Gasteiger partial charge is 0.244 e. The number of hydrogen-bond acceptors (Lipinski definition) is 4. The van der Waals surface area contributed by atoms with Crippen molar-refractivity contribution in [1.29, 1.82) is 0 Å². The minimum absolute atomic E-state index is 0.00771. The number of rotatable bonds is 7. The number of benzene rings is 2. The molecule has 2 amide bonds. The lowest BCUT2D eigenvalue weighted by Crippen LogP contribution is -2.52.